The van der Waals surface area contributed by atoms with Gasteiger partial charge in [-0.2, -0.15) is 0 Å². The summed E-state index contributed by atoms with van der Waals surface area (Å²) < 4.78 is 28.2. The van der Waals surface area contributed by atoms with Gasteiger partial charge in [0, 0.05) is 16.6 Å². The zero-order valence-electron chi connectivity index (χ0n) is 15.4. The van der Waals surface area contributed by atoms with Crippen LogP contribution in [-0.2, 0) is 15.6 Å². The van der Waals surface area contributed by atoms with Gasteiger partial charge < -0.3 is 10.3 Å². The first-order chi connectivity index (χ1) is 12.8. The molecule has 1 aromatic heterocycles. The van der Waals surface area contributed by atoms with Crippen LogP contribution in [-0.4, -0.2) is 25.8 Å². The molecule has 0 aliphatic rings. The summed E-state index contributed by atoms with van der Waals surface area (Å²) in [6, 6.07) is 15.4. The summed E-state index contributed by atoms with van der Waals surface area (Å²) in [6.45, 7) is 2.66. The Labute approximate surface area is 165 Å². The van der Waals surface area contributed by atoms with Gasteiger partial charge in [0.05, 0.1) is 23.0 Å². The number of nitrogens with one attached hydrogen (secondary N) is 1. The van der Waals surface area contributed by atoms with E-state index in [-0.39, 0.29) is 5.54 Å². The quantitative estimate of drug-likeness (QED) is 0.619. The van der Waals surface area contributed by atoms with E-state index in [9.17, 15) is 8.42 Å². The third-order valence-electron chi connectivity index (χ3n) is 5.01. The molecule has 0 amide bonds. The number of nitrogens with two attached hydrogens (primary N) is 1. The number of sulfonamides is 1. The largest absolute Gasteiger partial charge is 0.337 e. The number of hydrogen-bond donors (Lipinski definition) is 2. The molecule has 27 heavy (non-hydrogen) atoms. The molecular formula is C20H24ClN3O2S. The minimum atomic E-state index is -3.36. The van der Waals surface area contributed by atoms with Crippen LogP contribution in [0.15, 0.2) is 54.7 Å². The molecule has 2 aromatic carbocycles. The SMILES string of the molecule is CCC(CCN)(c1ccc(Cl)cc1)n1ccc2c(NS(C)(=O)=O)cccc21. The van der Waals surface area contributed by atoms with Crippen molar-refractivity contribution in [2.45, 2.75) is 25.3 Å². The van der Waals surface area contributed by atoms with Crippen LogP contribution in [0.1, 0.15) is 25.3 Å². The molecule has 0 saturated carbocycles. The Balaban J connectivity index is 2.23. The molecule has 1 unspecified atom stereocenters. The number of nitrogens with zero attached hydrogens (tertiary/aromatic N) is 1. The summed E-state index contributed by atoms with van der Waals surface area (Å²) in [5.74, 6) is 0. The molecule has 0 aliphatic carbocycles. The molecule has 3 aromatic rings. The second kappa shape index (κ2) is 7.54. The van der Waals surface area contributed by atoms with E-state index in [1.54, 1.807) is 6.07 Å². The minimum absolute atomic E-state index is 0.342. The van der Waals surface area contributed by atoms with Crippen molar-refractivity contribution in [2.75, 3.05) is 17.5 Å². The van der Waals surface area contributed by atoms with E-state index >= 15 is 0 Å². The Kier molecular flexibility index (Phi) is 5.51. The average Bonchev–Trinajstić information content (AvgIpc) is 3.05. The number of halogens is 1. The fourth-order valence-electron chi connectivity index (χ4n) is 3.78. The maximum Gasteiger partial charge on any atom is 0.229 e. The van der Waals surface area contributed by atoms with E-state index in [2.05, 4.69) is 16.2 Å². The van der Waals surface area contributed by atoms with Crippen LogP contribution in [0.4, 0.5) is 5.69 Å². The Hall–Kier alpha value is -2.02. The lowest BCUT2D eigenvalue weighted by atomic mass is 9.83. The lowest BCUT2D eigenvalue weighted by Crippen LogP contribution is -2.36. The first-order valence-corrected chi connectivity index (χ1v) is 11.1. The summed E-state index contributed by atoms with van der Waals surface area (Å²) in [5.41, 5.74) is 8.30. The maximum absolute atomic E-state index is 11.7. The highest BCUT2D eigenvalue weighted by Crippen LogP contribution is 2.38. The van der Waals surface area contributed by atoms with Gasteiger partial charge in [0.15, 0.2) is 0 Å². The Bertz CT molecular complexity index is 1040. The number of fused-ring (bicyclic) bond motifs is 1. The lowest BCUT2D eigenvalue weighted by molar-refractivity contribution is 0.330. The third-order valence-corrected chi connectivity index (χ3v) is 5.86. The van der Waals surface area contributed by atoms with Crippen molar-refractivity contribution in [3.63, 3.8) is 0 Å². The van der Waals surface area contributed by atoms with Crippen molar-refractivity contribution < 1.29 is 8.42 Å². The summed E-state index contributed by atoms with van der Waals surface area (Å²) >= 11 is 6.09. The predicted molar refractivity (Wildman–Crippen MR) is 113 cm³/mol. The second-order valence-electron chi connectivity index (χ2n) is 6.73. The standard InChI is InChI=1S/C20H24ClN3O2S/c1-3-20(12-13-22,15-7-9-16(21)10-8-15)24-14-11-17-18(23-27(2,25)26)5-4-6-19(17)24/h4-11,14,23H,3,12-13,22H2,1-2H3. The first kappa shape index (κ1) is 19.7. The number of anilines is 1. The van der Waals surface area contributed by atoms with Crippen molar-refractivity contribution in [1.82, 2.24) is 4.57 Å². The fraction of sp³-hybridized carbons (Fsp3) is 0.300. The van der Waals surface area contributed by atoms with Crippen LogP contribution in [0.3, 0.4) is 0 Å². The van der Waals surface area contributed by atoms with Crippen LogP contribution >= 0.6 is 11.6 Å². The molecule has 7 heteroatoms. The minimum Gasteiger partial charge on any atom is -0.337 e. The monoisotopic (exact) mass is 405 g/mol. The van der Waals surface area contributed by atoms with Crippen LogP contribution < -0.4 is 10.5 Å². The molecule has 1 atom stereocenters. The molecule has 5 nitrogen and oxygen atoms in total. The Morgan fingerprint density at radius 3 is 2.44 bits per heavy atom. The molecule has 0 fully saturated rings. The van der Waals surface area contributed by atoms with Crippen molar-refractivity contribution in [2.24, 2.45) is 5.73 Å². The van der Waals surface area contributed by atoms with Gasteiger partial charge >= 0.3 is 0 Å². The zero-order chi connectivity index (χ0) is 19.7. The number of benzene rings is 2. The number of aromatic nitrogens is 1. The summed E-state index contributed by atoms with van der Waals surface area (Å²) in [7, 11) is -3.36. The molecule has 0 spiro atoms. The molecule has 3 N–H and O–H groups in total. The molecule has 0 radical (unpaired) electrons. The maximum atomic E-state index is 11.7. The van der Waals surface area contributed by atoms with Gasteiger partial charge in [0.25, 0.3) is 0 Å². The summed E-state index contributed by atoms with van der Waals surface area (Å²) in [6.07, 6.45) is 4.74. The van der Waals surface area contributed by atoms with Gasteiger partial charge in [0.2, 0.25) is 10.0 Å². The van der Waals surface area contributed by atoms with E-state index in [1.807, 2.05) is 48.7 Å². The molecule has 0 aliphatic heterocycles. The molecule has 3 rings (SSSR count). The lowest BCUT2D eigenvalue weighted by Gasteiger charge is -2.36. The van der Waals surface area contributed by atoms with Crippen LogP contribution in [0.25, 0.3) is 10.9 Å². The van der Waals surface area contributed by atoms with Crippen molar-refractivity contribution in [3.05, 3.63) is 65.3 Å². The molecular weight excluding hydrogens is 382 g/mol. The normalized spacial score (nSPS) is 14.2. The topological polar surface area (TPSA) is 77.1 Å². The van der Waals surface area contributed by atoms with E-state index in [0.29, 0.717) is 17.3 Å². The van der Waals surface area contributed by atoms with E-state index < -0.39 is 10.0 Å². The summed E-state index contributed by atoms with van der Waals surface area (Å²) in [5, 5.41) is 1.54. The first-order valence-electron chi connectivity index (χ1n) is 8.85. The highest BCUT2D eigenvalue weighted by atomic mass is 35.5. The van der Waals surface area contributed by atoms with E-state index in [1.165, 1.54) is 0 Å². The predicted octanol–water partition coefficient (Wildman–Crippen LogP) is 4.17. The average molecular weight is 406 g/mol. The third kappa shape index (κ3) is 3.83. The van der Waals surface area contributed by atoms with E-state index in [4.69, 9.17) is 17.3 Å². The Morgan fingerprint density at radius 1 is 1.15 bits per heavy atom. The zero-order valence-corrected chi connectivity index (χ0v) is 17.0. The molecule has 144 valence electrons. The smallest absolute Gasteiger partial charge is 0.229 e. The molecule has 1 heterocycles. The van der Waals surface area contributed by atoms with Crippen molar-refractivity contribution in [1.29, 1.82) is 0 Å². The van der Waals surface area contributed by atoms with Gasteiger partial charge in [-0.3, -0.25) is 4.72 Å². The highest BCUT2D eigenvalue weighted by Gasteiger charge is 2.32. The van der Waals surface area contributed by atoms with Crippen molar-refractivity contribution >= 4 is 38.2 Å². The molecule has 0 saturated heterocycles. The van der Waals surface area contributed by atoms with Crippen molar-refractivity contribution in [3.8, 4) is 0 Å². The van der Waals surface area contributed by atoms with Gasteiger partial charge in [0.1, 0.15) is 0 Å². The number of rotatable bonds is 7. The molecule has 0 bridgehead atoms. The van der Waals surface area contributed by atoms with Crippen LogP contribution in [0.2, 0.25) is 5.02 Å². The van der Waals surface area contributed by atoms with Gasteiger partial charge in [-0.1, -0.05) is 36.7 Å². The highest BCUT2D eigenvalue weighted by molar-refractivity contribution is 7.92. The van der Waals surface area contributed by atoms with Crippen LogP contribution in [0.5, 0.6) is 0 Å². The van der Waals surface area contributed by atoms with E-state index in [0.717, 1.165) is 35.6 Å². The van der Waals surface area contributed by atoms with Gasteiger partial charge in [-0.15, -0.1) is 0 Å². The summed E-state index contributed by atoms with van der Waals surface area (Å²) in [4.78, 5) is 0. The fourth-order valence-corrected chi connectivity index (χ4v) is 4.49. The second-order valence-corrected chi connectivity index (χ2v) is 8.91. The van der Waals surface area contributed by atoms with Crippen LogP contribution in [0, 0.1) is 0 Å². The van der Waals surface area contributed by atoms with Gasteiger partial charge in [-0.25, -0.2) is 8.42 Å². The number of hydrogen-bond acceptors (Lipinski definition) is 3. The van der Waals surface area contributed by atoms with Gasteiger partial charge in [-0.05, 0) is 55.3 Å². The Morgan fingerprint density at radius 2 is 1.85 bits per heavy atom.